The summed E-state index contributed by atoms with van der Waals surface area (Å²) in [4.78, 5) is 0. The number of nitrogens with zero attached hydrogens (tertiary/aromatic N) is 1. The van der Waals surface area contributed by atoms with Gasteiger partial charge in [-0.05, 0) is 19.4 Å². The molecule has 0 saturated carbocycles. The molecule has 0 saturated heterocycles. The molecule has 2 N–H and O–H groups in total. The maximum absolute atomic E-state index is 5.98. The van der Waals surface area contributed by atoms with E-state index in [2.05, 4.69) is 48.9 Å². The van der Waals surface area contributed by atoms with Gasteiger partial charge in [0.1, 0.15) is 0 Å². The van der Waals surface area contributed by atoms with E-state index in [0.717, 1.165) is 17.8 Å². The minimum Gasteiger partial charge on any atom is -0.397 e. The van der Waals surface area contributed by atoms with Crippen molar-refractivity contribution in [3.05, 3.63) is 42.2 Å². The monoisotopic (exact) mass is 200 g/mol. The molecule has 0 unspecified atom stereocenters. The molecule has 78 valence electrons. The normalized spacial score (nSPS) is 10.5. The zero-order valence-corrected chi connectivity index (χ0v) is 9.20. The molecule has 0 aliphatic rings. The Morgan fingerprint density at radius 1 is 1.27 bits per heavy atom. The average Bonchev–Trinajstić information content (AvgIpc) is 2.60. The predicted molar refractivity (Wildman–Crippen MR) is 64.7 cm³/mol. The van der Waals surface area contributed by atoms with Crippen molar-refractivity contribution in [2.75, 3.05) is 5.73 Å². The molecule has 1 aromatic heterocycles. The topological polar surface area (TPSA) is 30.9 Å². The second kappa shape index (κ2) is 3.81. The SMILES string of the molecule is CCn1cc(N)c(-c2cccc(C)c2)c1. The van der Waals surface area contributed by atoms with Crippen LogP contribution in [0, 0.1) is 6.92 Å². The van der Waals surface area contributed by atoms with Crippen molar-refractivity contribution in [3.63, 3.8) is 0 Å². The molecule has 0 bridgehead atoms. The Morgan fingerprint density at radius 3 is 2.67 bits per heavy atom. The Bertz CT molecular complexity index is 469. The first-order chi connectivity index (χ1) is 7.20. The molecule has 0 aliphatic heterocycles. The second-order valence-electron chi connectivity index (χ2n) is 3.83. The number of hydrogen-bond acceptors (Lipinski definition) is 1. The summed E-state index contributed by atoms with van der Waals surface area (Å²) in [7, 11) is 0. The summed E-state index contributed by atoms with van der Waals surface area (Å²) in [5, 5.41) is 0. The highest BCUT2D eigenvalue weighted by Crippen LogP contribution is 2.27. The van der Waals surface area contributed by atoms with Crippen LogP contribution in [0.15, 0.2) is 36.7 Å². The van der Waals surface area contributed by atoms with Crippen LogP contribution in [0.5, 0.6) is 0 Å². The number of hydrogen-bond donors (Lipinski definition) is 1. The summed E-state index contributed by atoms with van der Waals surface area (Å²) >= 11 is 0. The van der Waals surface area contributed by atoms with E-state index >= 15 is 0 Å². The van der Waals surface area contributed by atoms with Crippen molar-refractivity contribution in [2.24, 2.45) is 0 Å². The largest absolute Gasteiger partial charge is 0.397 e. The molecule has 0 amide bonds. The standard InChI is InChI=1S/C13H16N2/c1-3-15-8-12(13(14)9-15)11-6-4-5-10(2)7-11/h4-9H,3,14H2,1-2H3. The van der Waals surface area contributed by atoms with E-state index in [1.807, 2.05) is 6.20 Å². The van der Waals surface area contributed by atoms with Crippen molar-refractivity contribution in [1.29, 1.82) is 0 Å². The fraction of sp³-hybridized carbons (Fsp3) is 0.231. The minimum absolute atomic E-state index is 0.849. The molecule has 0 atom stereocenters. The van der Waals surface area contributed by atoms with E-state index in [1.165, 1.54) is 11.1 Å². The van der Waals surface area contributed by atoms with Gasteiger partial charge in [0.05, 0.1) is 5.69 Å². The number of nitrogen functional groups attached to an aromatic ring is 1. The van der Waals surface area contributed by atoms with Crippen molar-refractivity contribution < 1.29 is 0 Å². The maximum Gasteiger partial charge on any atom is 0.0573 e. The highest BCUT2D eigenvalue weighted by Gasteiger charge is 2.05. The van der Waals surface area contributed by atoms with Crippen LogP contribution in [0.3, 0.4) is 0 Å². The molecular weight excluding hydrogens is 184 g/mol. The molecule has 0 fully saturated rings. The number of nitrogens with two attached hydrogens (primary N) is 1. The maximum atomic E-state index is 5.98. The van der Waals surface area contributed by atoms with Crippen molar-refractivity contribution in [1.82, 2.24) is 4.57 Å². The molecule has 1 aromatic carbocycles. The quantitative estimate of drug-likeness (QED) is 0.793. The van der Waals surface area contributed by atoms with Crippen LogP contribution in [0.25, 0.3) is 11.1 Å². The Labute approximate surface area is 90.3 Å². The van der Waals surface area contributed by atoms with Crippen LogP contribution in [-0.4, -0.2) is 4.57 Å². The second-order valence-corrected chi connectivity index (χ2v) is 3.83. The lowest BCUT2D eigenvalue weighted by molar-refractivity contribution is 0.770. The third-order valence-corrected chi connectivity index (χ3v) is 2.61. The molecule has 0 spiro atoms. The van der Waals surface area contributed by atoms with Gasteiger partial charge in [0.15, 0.2) is 0 Å². The summed E-state index contributed by atoms with van der Waals surface area (Å²) in [5.74, 6) is 0. The van der Waals surface area contributed by atoms with Gasteiger partial charge in [0.2, 0.25) is 0 Å². The van der Waals surface area contributed by atoms with Crippen LogP contribution in [-0.2, 0) is 6.54 Å². The first kappa shape index (κ1) is 9.84. The number of anilines is 1. The molecule has 2 aromatic rings. The van der Waals surface area contributed by atoms with Crippen LogP contribution < -0.4 is 5.73 Å². The summed E-state index contributed by atoms with van der Waals surface area (Å²) in [5.41, 5.74) is 10.4. The molecule has 0 aliphatic carbocycles. The van der Waals surface area contributed by atoms with Crippen molar-refractivity contribution >= 4 is 5.69 Å². The third kappa shape index (κ3) is 1.89. The van der Waals surface area contributed by atoms with Crippen LogP contribution >= 0.6 is 0 Å². The van der Waals surface area contributed by atoms with Crippen LogP contribution in [0.4, 0.5) is 5.69 Å². The average molecular weight is 200 g/mol. The highest BCUT2D eigenvalue weighted by atomic mass is 14.9. The van der Waals surface area contributed by atoms with Gasteiger partial charge in [-0.15, -0.1) is 0 Å². The number of aromatic nitrogens is 1. The Balaban J connectivity index is 2.48. The van der Waals surface area contributed by atoms with E-state index in [9.17, 15) is 0 Å². The Kier molecular flexibility index (Phi) is 2.50. The van der Waals surface area contributed by atoms with Gasteiger partial charge < -0.3 is 10.3 Å². The van der Waals surface area contributed by atoms with Gasteiger partial charge >= 0.3 is 0 Å². The molecule has 15 heavy (non-hydrogen) atoms. The molecular formula is C13H16N2. The highest BCUT2D eigenvalue weighted by molar-refractivity contribution is 5.76. The van der Waals surface area contributed by atoms with E-state index in [4.69, 9.17) is 5.73 Å². The zero-order valence-electron chi connectivity index (χ0n) is 9.20. The van der Waals surface area contributed by atoms with E-state index < -0.39 is 0 Å². The third-order valence-electron chi connectivity index (χ3n) is 2.61. The molecule has 2 rings (SSSR count). The van der Waals surface area contributed by atoms with Gasteiger partial charge in [-0.2, -0.15) is 0 Å². The predicted octanol–water partition coefficient (Wildman–Crippen LogP) is 3.07. The fourth-order valence-corrected chi connectivity index (χ4v) is 1.76. The van der Waals surface area contributed by atoms with Gasteiger partial charge in [0.25, 0.3) is 0 Å². The van der Waals surface area contributed by atoms with Gasteiger partial charge in [-0.1, -0.05) is 29.8 Å². The smallest absolute Gasteiger partial charge is 0.0573 e. The van der Waals surface area contributed by atoms with Gasteiger partial charge in [0, 0.05) is 24.5 Å². The number of rotatable bonds is 2. The lowest BCUT2D eigenvalue weighted by atomic mass is 10.1. The van der Waals surface area contributed by atoms with Gasteiger partial charge in [-0.25, -0.2) is 0 Å². The van der Waals surface area contributed by atoms with E-state index in [1.54, 1.807) is 0 Å². The molecule has 2 heteroatoms. The number of aryl methyl sites for hydroxylation is 2. The lowest BCUT2D eigenvalue weighted by Crippen LogP contribution is -1.87. The van der Waals surface area contributed by atoms with Crippen molar-refractivity contribution in [3.8, 4) is 11.1 Å². The number of benzene rings is 1. The molecule has 0 radical (unpaired) electrons. The first-order valence-corrected chi connectivity index (χ1v) is 5.23. The first-order valence-electron chi connectivity index (χ1n) is 5.23. The Hall–Kier alpha value is -1.70. The summed E-state index contributed by atoms with van der Waals surface area (Å²) in [6.45, 7) is 5.16. The Morgan fingerprint density at radius 2 is 2.07 bits per heavy atom. The van der Waals surface area contributed by atoms with Gasteiger partial charge in [-0.3, -0.25) is 0 Å². The van der Waals surface area contributed by atoms with E-state index in [-0.39, 0.29) is 0 Å². The van der Waals surface area contributed by atoms with Crippen LogP contribution in [0.2, 0.25) is 0 Å². The molecule has 2 nitrogen and oxygen atoms in total. The van der Waals surface area contributed by atoms with E-state index in [0.29, 0.717) is 0 Å². The van der Waals surface area contributed by atoms with Crippen molar-refractivity contribution in [2.45, 2.75) is 20.4 Å². The summed E-state index contributed by atoms with van der Waals surface area (Å²) in [6, 6.07) is 8.41. The minimum atomic E-state index is 0.849. The summed E-state index contributed by atoms with van der Waals surface area (Å²) < 4.78 is 2.10. The zero-order chi connectivity index (χ0) is 10.8. The summed E-state index contributed by atoms with van der Waals surface area (Å²) in [6.07, 6.45) is 4.09. The van der Waals surface area contributed by atoms with Crippen LogP contribution in [0.1, 0.15) is 12.5 Å². The fourth-order valence-electron chi connectivity index (χ4n) is 1.76. The lowest BCUT2D eigenvalue weighted by Gasteiger charge is -2.01. The molecule has 1 heterocycles.